The van der Waals surface area contributed by atoms with Crippen molar-refractivity contribution in [3.05, 3.63) is 78.5 Å². The van der Waals surface area contributed by atoms with Crippen LogP contribution in [-0.2, 0) is 22.7 Å². The second-order valence-corrected chi connectivity index (χ2v) is 8.22. The molecule has 1 fully saturated rings. The molecular formula is C25H25FN6O4. The molecule has 1 unspecified atom stereocenters. The standard InChI is InChI=1S/C25H25FN6O4/c26-23-15-31(10-11-32(23)25(33)17-34-16-18-5-3-4-9-27-18)22-7-2-1-6-20(22)21-13-19(36-29-21)14-28-24-8-12-35-30-24/h1-9,12-13,23H,10-11,14-17H2,(H,28,30). The molecule has 0 spiro atoms. The summed E-state index contributed by atoms with van der Waals surface area (Å²) in [7, 11) is 0. The SMILES string of the molecule is O=C(COCc1ccccn1)N1CCN(c2ccccc2-c2cc(CNc3ccon3)on2)CC1F. The molecule has 0 radical (unpaired) electrons. The molecule has 0 bridgehead atoms. The second kappa shape index (κ2) is 11.0. The fourth-order valence-corrected chi connectivity index (χ4v) is 4.02. The summed E-state index contributed by atoms with van der Waals surface area (Å²) in [6, 6.07) is 16.6. The molecule has 0 aliphatic carbocycles. The van der Waals surface area contributed by atoms with Crippen molar-refractivity contribution in [1.29, 1.82) is 0 Å². The molecule has 10 nitrogen and oxygen atoms in total. The Morgan fingerprint density at radius 3 is 2.83 bits per heavy atom. The molecule has 186 valence electrons. The highest BCUT2D eigenvalue weighted by Crippen LogP contribution is 2.32. The summed E-state index contributed by atoms with van der Waals surface area (Å²) in [5, 5.41) is 11.1. The number of pyridine rings is 1. The van der Waals surface area contributed by atoms with Crippen LogP contribution in [0, 0.1) is 0 Å². The molecule has 1 amide bonds. The van der Waals surface area contributed by atoms with Gasteiger partial charge in [-0.1, -0.05) is 34.6 Å². The van der Waals surface area contributed by atoms with E-state index in [4.69, 9.17) is 13.8 Å². The largest absolute Gasteiger partial charge is 0.365 e. The number of rotatable bonds is 9. The number of benzene rings is 1. The van der Waals surface area contributed by atoms with Gasteiger partial charge in [-0.25, -0.2) is 4.39 Å². The lowest BCUT2D eigenvalue weighted by molar-refractivity contribution is -0.143. The van der Waals surface area contributed by atoms with Gasteiger partial charge in [0.25, 0.3) is 5.91 Å². The quantitative estimate of drug-likeness (QED) is 0.351. The van der Waals surface area contributed by atoms with E-state index in [0.717, 1.165) is 11.3 Å². The minimum Gasteiger partial charge on any atom is -0.365 e. The third kappa shape index (κ3) is 5.52. The lowest BCUT2D eigenvalue weighted by atomic mass is 10.1. The van der Waals surface area contributed by atoms with Crippen LogP contribution in [0.4, 0.5) is 15.9 Å². The molecule has 1 aliphatic rings. The maximum absolute atomic E-state index is 15.1. The van der Waals surface area contributed by atoms with Gasteiger partial charge < -0.3 is 28.9 Å². The van der Waals surface area contributed by atoms with Crippen molar-refractivity contribution in [2.24, 2.45) is 0 Å². The number of alkyl halides is 1. The summed E-state index contributed by atoms with van der Waals surface area (Å²) < 4.78 is 30.8. The van der Waals surface area contributed by atoms with Crippen LogP contribution in [0.3, 0.4) is 0 Å². The highest BCUT2D eigenvalue weighted by Gasteiger charge is 2.31. The summed E-state index contributed by atoms with van der Waals surface area (Å²) in [5.74, 6) is 0.830. The maximum Gasteiger partial charge on any atom is 0.250 e. The van der Waals surface area contributed by atoms with Gasteiger partial charge in [0.1, 0.15) is 18.6 Å². The Kier molecular flexibility index (Phi) is 7.17. The number of carbonyl (C=O) groups excluding carboxylic acids is 1. The van der Waals surface area contributed by atoms with Crippen molar-refractivity contribution in [2.45, 2.75) is 19.4 Å². The first kappa shape index (κ1) is 23.5. The van der Waals surface area contributed by atoms with Gasteiger partial charge in [-0.15, -0.1) is 0 Å². The highest BCUT2D eigenvalue weighted by atomic mass is 19.1. The number of para-hydroxylation sites is 1. The van der Waals surface area contributed by atoms with Crippen LogP contribution in [0.5, 0.6) is 0 Å². The number of ether oxygens (including phenoxy) is 1. The lowest BCUT2D eigenvalue weighted by Gasteiger charge is -2.39. The molecule has 5 rings (SSSR count). The van der Waals surface area contributed by atoms with Gasteiger partial charge in [-0.05, 0) is 18.2 Å². The van der Waals surface area contributed by atoms with Crippen molar-refractivity contribution in [3.8, 4) is 11.3 Å². The Labute approximate surface area is 206 Å². The number of aromatic nitrogens is 3. The minimum absolute atomic E-state index is 0.0431. The minimum atomic E-state index is -1.46. The van der Waals surface area contributed by atoms with Crippen molar-refractivity contribution in [2.75, 3.05) is 36.5 Å². The van der Waals surface area contributed by atoms with E-state index in [9.17, 15) is 4.79 Å². The molecule has 4 aromatic rings. The van der Waals surface area contributed by atoms with E-state index in [1.165, 1.54) is 11.2 Å². The molecule has 11 heteroatoms. The van der Waals surface area contributed by atoms with Gasteiger partial charge in [0.05, 0.1) is 25.4 Å². The van der Waals surface area contributed by atoms with Gasteiger partial charge in [0.15, 0.2) is 17.9 Å². The molecule has 1 N–H and O–H groups in total. The van der Waals surface area contributed by atoms with Gasteiger partial charge in [-0.2, -0.15) is 0 Å². The van der Waals surface area contributed by atoms with E-state index >= 15 is 4.39 Å². The van der Waals surface area contributed by atoms with Crippen LogP contribution < -0.4 is 10.2 Å². The molecule has 1 saturated heterocycles. The Hall–Kier alpha value is -4.25. The van der Waals surface area contributed by atoms with Gasteiger partial charge >= 0.3 is 0 Å². The number of halogens is 1. The molecular weight excluding hydrogens is 467 g/mol. The Morgan fingerprint density at radius 2 is 2.03 bits per heavy atom. The van der Waals surface area contributed by atoms with Gasteiger partial charge in [-0.3, -0.25) is 9.78 Å². The van der Waals surface area contributed by atoms with Crippen LogP contribution >= 0.6 is 0 Å². The van der Waals surface area contributed by atoms with E-state index < -0.39 is 6.30 Å². The fraction of sp³-hybridized carbons (Fsp3) is 0.280. The molecule has 1 aromatic carbocycles. The average molecular weight is 493 g/mol. The van der Waals surface area contributed by atoms with Crippen LogP contribution in [0.2, 0.25) is 0 Å². The molecule has 4 heterocycles. The van der Waals surface area contributed by atoms with E-state index in [-0.39, 0.29) is 32.2 Å². The molecule has 1 atom stereocenters. The predicted molar refractivity (Wildman–Crippen MR) is 128 cm³/mol. The first-order valence-electron chi connectivity index (χ1n) is 11.5. The van der Waals surface area contributed by atoms with Crippen molar-refractivity contribution in [3.63, 3.8) is 0 Å². The van der Waals surface area contributed by atoms with Crippen LogP contribution in [0.15, 0.2) is 76.1 Å². The molecule has 0 saturated carbocycles. The summed E-state index contributed by atoms with van der Waals surface area (Å²) >= 11 is 0. The van der Waals surface area contributed by atoms with Crippen molar-refractivity contribution >= 4 is 17.4 Å². The van der Waals surface area contributed by atoms with E-state index in [1.807, 2.05) is 47.4 Å². The zero-order valence-corrected chi connectivity index (χ0v) is 19.4. The number of nitrogens with one attached hydrogen (secondary N) is 1. The molecule has 3 aromatic heterocycles. The predicted octanol–water partition coefficient (Wildman–Crippen LogP) is 3.50. The average Bonchev–Trinajstić information content (AvgIpc) is 3.60. The van der Waals surface area contributed by atoms with Gasteiger partial charge in [0, 0.05) is 42.7 Å². The van der Waals surface area contributed by atoms with E-state index in [2.05, 4.69) is 20.6 Å². The Morgan fingerprint density at radius 1 is 1.14 bits per heavy atom. The maximum atomic E-state index is 15.1. The second-order valence-electron chi connectivity index (χ2n) is 8.22. The van der Waals surface area contributed by atoms with Gasteiger partial charge in [0.2, 0.25) is 0 Å². The van der Waals surface area contributed by atoms with Crippen LogP contribution in [-0.4, -0.2) is 58.6 Å². The summed E-state index contributed by atoms with van der Waals surface area (Å²) in [5.41, 5.74) is 3.00. The molecule has 1 aliphatic heterocycles. The van der Waals surface area contributed by atoms with E-state index in [0.29, 0.717) is 36.1 Å². The number of hydrogen-bond donors (Lipinski definition) is 1. The zero-order chi connectivity index (χ0) is 24.7. The third-order valence-corrected chi connectivity index (χ3v) is 5.80. The number of piperazine rings is 1. The number of anilines is 2. The summed E-state index contributed by atoms with van der Waals surface area (Å²) in [6.45, 7) is 1.15. The molecule has 36 heavy (non-hydrogen) atoms. The van der Waals surface area contributed by atoms with Crippen LogP contribution in [0.25, 0.3) is 11.3 Å². The number of nitrogens with zero attached hydrogens (tertiary/aromatic N) is 5. The number of hydrogen-bond acceptors (Lipinski definition) is 9. The number of amides is 1. The first-order valence-corrected chi connectivity index (χ1v) is 11.5. The fourth-order valence-electron chi connectivity index (χ4n) is 4.02. The zero-order valence-electron chi connectivity index (χ0n) is 19.4. The normalized spacial score (nSPS) is 15.8. The Bertz CT molecular complexity index is 1270. The van der Waals surface area contributed by atoms with Crippen molar-refractivity contribution in [1.82, 2.24) is 20.2 Å². The summed E-state index contributed by atoms with van der Waals surface area (Å²) in [4.78, 5) is 19.9. The summed E-state index contributed by atoms with van der Waals surface area (Å²) in [6.07, 6.45) is 1.67. The highest BCUT2D eigenvalue weighted by molar-refractivity contribution is 5.79. The van der Waals surface area contributed by atoms with Crippen LogP contribution in [0.1, 0.15) is 11.5 Å². The number of carbonyl (C=O) groups is 1. The van der Waals surface area contributed by atoms with Crippen molar-refractivity contribution < 1.29 is 23.0 Å². The topological polar surface area (TPSA) is 110 Å². The first-order chi connectivity index (χ1) is 17.7. The van der Waals surface area contributed by atoms with E-state index in [1.54, 1.807) is 18.3 Å². The third-order valence-electron chi connectivity index (χ3n) is 5.80. The Balaban J connectivity index is 1.19. The smallest absolute Gasteiger partial charge is 0.250 e. The monoisotopic (exact) mass is 492 g/mol. The lowest BCUT2D eigenvalue weighted by Crippen LogP contribution is -2.54.